The van der Waals surface area contributed by atoms with Gasteiger partial charge >= 0.3 is 0 Å². The summed E-state index contributed by atoms with van der Waals surface area (Å²) < 4.78 is 1.89. The predicted molar refractivity (Wildman–Crippen MR) is 115 cm³/mol. The Morgan fingerprint density at radius 2 is 1.97 bits per heavy atom. The molecule has 2 N–H and O–H groups in total. The molecule has 0 spiro atoms. The van der Waals surface area contributed by atoms with Crippen molar-refractivity contribution in [3.8, 4) is 11.4 Å². The fourth-order valence-electron chi connectivity index (χ4n) is 3.25. The molecular weight excluding hydrogens is 386 g/mol. The number of carbonyl (C=O) groups excluding carboxylic acids is 2. The average molecular weight is 416 g/mol. The average Bonchev–Trinajstić information content (AvgIpc) is 2.92. The van der Waals surface area contributed by atoms with Gasteiger partial charge in [-0.05, 0) is 30.2 Å². The SMILES string of the molecule is Cn1c(SCC(=O)N[C@H]2CCCCNC2=O)nnc1-c1ccc(C(C)(C)C)cc1. The lowest BCUT2D eigenvalue weighted by molar-refractivity contribution is -0.127. The van der Waals surface area contributed by atoms with Crippen LogP contribution in [0.15, 0.2) is 29.4 Å². The van der Waals surface area contributed by atoms with Gasteiger partial charge in [-0.1, -0.05) is 56.8 Å². The molecule has 2 aromatic rings. The summed E-state index contributed by atoms with van der Waals surface area (Å²) in [4.78, 5) is 24.3. The fraction of sp³-hybridized carbons (Fsp3) is 0.524. The maximum absolute atomic E-state index is 12.3. The molecular formula is C21H29N5O2S. The lowest BCUT2D eigenvalue weighted by atomic mass is 9.87. The Morgan fingerprint density at radius 1 is 1.24 bits per heavy atom. The maximum atomic E-state index is 12.3. The van der Waals surface area contributed by atoms with Gasteiger partial charge in [0.1, 0.15) is 6.04 Å². The second-order valence-corrected chi connectivity index (χ2v) is 9.33. The highest BCUT2D eigenvalue weighted by molar-refractivity contribution is 7.99. The Kier molecular flexibility index (Phi) is 6.62. The van der Waals surface area contributed by atoms with Crippen LogP contribution in [-0.4, -0.2) is 44.9 Å². The smallest absolute Gasteiger partial charge is 0.242 e. The van der Waals surface area contributed by atoms with Crippen molar-refractivity contribution < 1.29 is 9.59 Å². The van der Waals surface area contributed by atoms with Gasteiger partial charge in [0.2, 0.25) is 11.8 Å². The molecule has 1 fully saturated rings. The van der Waals surface area contributed by atoms with Crippen LogP contribution < -0.4 is 10.6 Å². The van der Waals surface area contributed by atoms with Crippen LogP contribution in [0.3, 0.4) is 0 Å². The summed E-state index contributed by atoms with van der Waals surface area (Å²) >= 11 is 1.32. The highest BCUT2D eigenvalue weighted by atomic mass is 32.2. The quantitative estimate of drug-likeness (QED) is 0.733. The van der Waals surface area contributed by atoms with Crippen molar-refractivity contribution in [3.05, 3.63) is 29.8 Å². The third-order valence-corrected chi connectivity index (χ3v) is 6.07. The van der Waals surface area contributed by atoms with Crippen LogP contribution in [0.2, 0.25) is 0 Å². The standard InChI is InChI=1S/C21H29N5O2S/c1-21(2,3)15-10-8-14(9-11-15)18-24-25-20(26(18)4)29-13-17(27)23-16-7-5-6-12-22-19(16)28/h8-11,16H,5-7,12-13H2,1-4H3,(H,22,28)(H,23,27)/t16-/m0/s1. The number of aromatic nitrogens is 3. The Labute approximate surface area is 176 Å². The van der Waals surface area contributed by atoms with Crippen LogP contribution in [0.25, 0.3) is 11.4 Å². The molecule has 1 aliphatic heterocycles. The zero-order chi connectivity index (χ0) is 21.0. The number of amides is 2. The second-order valence-electron chi connectivity index (χ2n) is 8.39. The number of benzene rings is 1. The van der Waals surface area contributed by atoms with E-state index in [0.717, 1.165) is 24.2 Å². The molecule has 1 saturated heterocycles. The monoisotopic (exact) mass is 415 g/mol. The van der Waals surface area contributed by atoms with Crippen LogP contribution >= 0.6 is 11.8 Å². The van der Waals surface area contributed by atoms with Gasteiger partial charge in [0.15, 0.2) is 11.0 Å². The Morgan fingerprint density at radius 3 is 2.66 bits per heavy atom. The normalized spacial score (nSPS) is 17.5. The molecule has 8 heteroatoms. The van der Waals surface area contributed by atoms with E-state index in [-0.39, 0.29) is 23.0 Å². The van der Waals surface area contributed by atoms with Crippen LogP contribution in [0.1, 0.15) is 45.6 Å². The number of hydrogen-bond acceptors (Lipinski definition) is 5. The molecule has 3 rings (SSSR count). The van der Waals surface area contributed by atoms with E-state index in [1.165, 1.54) is 17.3 Å². The van der Waals surface area contributed by atoms with E-state index in [9.17, 15) is 9.59 Å². The Bertz CT molecular complexity index is 870. The van der Waals surface area contributed by atoms with Crippen molar-refractivity contribution in [1.29, 1.82) is 0 Å². The summed E-state index contributed by atoms with van der Waals surface area (Å²) in [5.74, 6) is 0.687. The van der Waals surface area contributed by atoms with Crippen molar-refractivity contribution >= 4 is 23.6 Å². The lowest BCUT2D eigenvalue weighted by Gasteiger charge is -2.19. The first-order chi connectivity index (χ1) is 13.8. The summed E-state index contributed by atoms with van der Waals surface area (Å²) in [6, 6.07) is 7.89. The minimum Gasteiger partial charge on any atom is -0.354 e. The molecule has 0 unspecified atom stereocenters. The lowest BCUT2D eigenvalue weighted by Crippen LogP contribution is -2.46. The second kappa shape index (κ2) is 8.98. The van der Waals surface area contributed by atoms with E-state index in [0.29, 0.717) is 18.1 Å². The highest BCUT2D eigenvalue weighted by Crippen LogP contribution is 2.27. The van der Waals surface area contributed by atoms with Crippen LogP contribution in [0, 0.1) is 0 Å². The number of nitrogens with zero attached hydrogens (tertiary/aromatic N) is 3. The van der Waals surface area contributed by atoms with Crippen molar-refractivity contribution in [3.63, 3.8) is 0 Å². The Balaban J connectivity index is 1.61. The van der Waals surface area contributed by atoms with Gasteiger partial charge in [0, 0.05) is 19.2 Å². The molecule has 0 aliphatic carbocycles. The molecule has 156 valence electrons. The van der Waals surface area contributed by atoms with E-state index in [1.807, 2.05) is 11.6 Å². The molecule has 7 nitrogen and oxygen atoms in total. The van der Waals surface area contributed by atoms with Crippen LogP contribution in [-0.2, 0) is 22.1 Å². The van der Waals surface area contributed by atoms with E-state index < -0.39 is 6.04 Å². The largest absolute Gasteiger partial charge is 0.354 e. The molecule has 0 radical (unpaired) electrons. The molecule has 2 amide bonds. The van der Waals surface area contributed by atoms with E-state index in [2.05, 4.69) is 65.9 Å². The molecule has 1 aromatic carbocycles. The molecule has 1 aromatic heterocycles. The van der Waals surface area contributed by atoms with Crippen LogP contribution in [0.5, 0.6) is 0 Å². The molecule has 1 aliphatic rings. The molecule has 29 heavy (non-hydrogen) atoms. The van der Waals surface area contributed by atoms with Gasteiger partial charge in [-0.25, -0.2) is 0 Å². The third kappa shape index (κ3) is 5.38. The predicted octanol–water partition coefficient (Wildman–Crippen LogP) is 2.66. The number of rotatable bonds is 5. The zero-order valence-corrected chi connectivity index (χ0v) is 18.3. The van der Waals surface area contributed by atoms with Crippen molar-refractivity contribution in [2.24, 2.45) is 7.05 Å². The highest BCUT2D eigenvalue weighted by Gasteiger charge is 2.23. The number of carbonyl (C=O) groups is 2. The van der Waals surface area contributed by atoms with Crippen molar-refractivity contribution in [2.45, 2.75) is 56.6 Å². The van der Waals surface area contributed by atoms with Crippen molar-refractivity contribution in [1.82, 2.24) is 25.4 Å². The first kappa shape index (κ1) is 21.4. The maximum Gasteiger partial charge on any atom is 0.242 e. The van der Waals surface area contributed by atoms with E-state index in [4.69, 9.17) is 0 Å². The first-order valence-corrected chi connectivity index (χ1v) is 10.9. The van der Waals surface area contributed by atoms with Gasteiger partial charge in [-0.2, -0.15) is 0 Å². The number of thioether (sulfide) groups is 1. The summed E-state index contributed by atoms with van der Waals surface area (Å²) in [5, 5.41) is 14.8. The van der Waals surface area contributed by atoms with Gasteiger partial charge in [-0.3, -0.25) is 9.59 Å². The molecule has 0 bridgehead atoms. The van der Waals surface area contributed by atoms with Crippen LogP contribution in [0.4, 0.5) is 0 Å². The molecule has 1 atom stereocenters. The zero-order valence-electron chi connectivity index (χ0n) is 17.5. The van der Waals surface area contributed by atoms with Gasteiger partial charge in [-0.15, -0.1) is 10.2 Å². The third-order valence-electron chi connectivity index (χ3n) is 5.05. The summed E-state index contributed by atoms with van der Waals surface area (Å²) in [5.41, 5.74) is 2.35. The minimum absolute atomic E-state index is 0.0968. The van der Waals surface area contributed by atoms with Gasteiger partial charge < -0.3 is 15.2 Å². The fourth-order valence-corrected chi connectivity index (χ4v) is 3.98. The summed E-state index contributed by atoms with van der Waals surface area (Å²) in [6.45, 7) is 7.23. The first-order valence-electron chi connectivity index (χ1n) is 9.96. The van der Waals surface area contributed by atoms with Gasteiger partial charge in [0.25, 0.3) is 0 Å². The number of hydrogen-bond donors (Lipinski definition) is 2. The molecule has 2 heterocycles. The van der Waals surface area contributed by atoms with E-state index in [1.54, 1.807) is 0 Å². The van der Waals surface area contributed by atoms with Gasteiger partial charge in [0.05, 0.1) is 5.75 Å². The summed E-state index contributed by atoms with van der Waals surface area (Å²) in [6.07, 6.45) is 2.56. The minimum atomic E-state index is -0.443. The topological polar surface area (TPSA) is 88.9 Å². The molecule has 0 saturated carbocycles. The van der Waals surface area contributed by atoms with Crippen molar-refractivity contribution in [2.75, 3.05) is 12.3 Å². The van der Waals surface area contributed by atoms with E-state index >= 15 is 0 Å². The summed E-state index contributed by atoms with van der Waals surface area (Å²) in [7, 11) is 1.89. The number of nitrogens with one attached hydrogen (secondary N) is 2. The Hall–Kier alpha value is -2.35.